The predicted molar refractivity (Wildman–Crippen MR) is 50.6 cm³/mol. The molecule has 1 aliphatic rings. The number of aromatic nitrogens is 3. The molecular formula is C6H7BBrN4O. The van der Waals surface area contributed by atoms with Gasteiger partial charge in [-0.3, -0.25) is 0 Å². The average molecular weight is 242 g/mol. The van der Waals surface area contributed by atoms with E-state index in [2.05, 4.69) is 26.1 Å². The maximum absolute atomic E-state index is 10.2. The van der Waals surface area contributed by atoms with Crippen LogP contribution in [0.2, 0.25) is 0 Å². The van der Waals surface area contributed by atoms with E-state index in [1.807, 2.05) is 9.38 Å². The van der Waals surface area contributed by atoms with Crippen molar-refractivity contribution in [3.63, 3.8) is 0 Å². The van der Waals surface area contributed by atoms with Crippen LogP contribution in [0.15, 0.2) is 4.73 Å². The van der Waals surface area contributed by atoms with E-state index in [4.69, 9.17) is 0 Å². The normalized spacial score (nSPS) is 16.7. The number of fused-ring (bicyclic) bond motifs is 1. The van der Waals surface area contributed by atoms with E-state index in [0.29, 0.717) is 6.54 Å². The summed E-state index contributed by atoms with van der Waals surface area (Å²) in [5, 5.41) is 7.87. The van der Waals surface area contributed by atoms with Gasteiger partial charge in [0.05, 0.1) is 6.19 Å². The van der Waals surface area contributed by atoms with Crippen LogP contribution in [0.5, 0.6) is 0 Å². The van der Waals surface area contributed by atoms with Crippen molar-refractivity contribution in [3.05, 3.63) is 10.6 Å². The fourth-order valence-electron chi connectivity index (χ4n) is 1.35. The summed E-state index contributed by atoms with van der Waals surface area (Å²) in [5.41, 5.74) is 0. The van der Waals surface area contributed by atoms with E-state index < -0.39 is 0 Å². The van der Waals surface area contributed by atoms with Crippen LogP contribution in [0.4, 0.5) is 0 Å². The summed E-state index contributed by atoms with van der Waals surface area (Å²) >= 11 is 3.30. The molecule has 0 saturated carbocycles. The van der Waals surface area contributed by atoms with Crippen LogP contribution in [-0.2, 0) is 17.9 Å². The Kier molecular flexibility index (Phi) is 2.46. The second-order valence-electron chi connectivity index (χ2n) is 2.79. The molecule has 2 rings (SSSR count). The molecule has 67 valence electrons. The van der Waals surface area contributed by atoms with Crippen LogP contribution < -0.4 is 0 Å². The standard InChI is InChI=1S/C6H7BBrN4O/c8-6-10-9-5-3-11(7-4-13)1-2-12(5)6/h4H,1-3H2. The summed E-state index contributed by atoms with van der Waals surface area (Å²) in [6.07, 6.45) is 0.793. The van der Waals surface area contributed by atoms with Crippen molar-refractivity contribution in [2.24, 2.45) is 0 Å². The first-order valence-electron chi connectivity index (χ1n) is 3.91. The summed E-state index contributed by atoms with van der Waals surface area (Å²) in [6, 6.07) is 0. The van der Waals surface area contributed by atoms with Gasteiger partial charge in [-0.1, -0.05) is 0 Å². The second kappa shape index (κ2) is 3.59. The molecule has 0 bridgehead atoms. The van der Waals surface area contributed by atoms with Crippen molar-refractivity contribution < 1.29 is 4.79 Å². The Morgan fingerprint density at radius 3 is 3.08 bits per heavy atom. The highest BCUT2D eigenvalue weighted by Crippen LogP contribution is 2.14. The average Bonchev–Trinajstić information content (AvgIpc) is 2.48. The molecule has 0 unspecified atom stereocenters. The van der Waals surface area contributed by atoms with E-state index in [1.165, 1.54) is 7.41 Å². The molecule has 7 heteroatoms. The van der Waals surface area contributed by atoms with Gasteiger partial charge in [0.15, 0.2) is 4.73 Å². The van der Waals surface area contributed by atoms with E-state index in [-0.39, 0.29) is 0 Å². The first-order valence-corrected chi connectivity index (χ1v) is 4.71. The number of nitrogens with zero attached hydrogens (tertiary/aromatic N) is 4. The van der Waals surface area contributed by atoms with Crippen molar-refractivity contribution >= 4 is 29.5 Å². The first kappa shape index (κ1) is 8.89. The monoisotopic (exact) mass is 241 g/mol. The summed E-state index contributed by atoms with van der Waals surface area (Å²) in [6.45, 7) is 2.28. The van der Waals surface area contributed by atoms with Gasteiger partial charge in [0.25, 0.3) is 7.41 Å². The summed E-state index contributed by atoms with van der Waals surface area (Å²) in [4.78, 5) is 12.2. The molecule has 0 aromatic carbocycles. The highest BCUT2D eigenvalue weighted by molar-refractivity contribution is 9.10. The molecule has 0 fully saturated rings. The molecular weight excluding hydrogens is 235 g/mol. The smallest absolute Gasteiger partial charge is 0.293 e. The van der Waals surface area contributed by atoms with E-state index in [9.17, 15) is 4.79 Å². The third-order valence-corrected chi connectivity index (χ3v) is 2.60. The molecule has 0 saturated heterocycles. The predicted octanol–water partition coefficient (Wildman–Crippen LogP) is -0.334. The van der Waals surface area contributed by atoms with Gasteiger partial charge >= 0.3 is 0 Å². The third kappa shape index (κ3) is 1.66. The highest BCUT2D eigenvalue weighted by Gasteiger charge is 2.19. The molecule has 1 aliphatic heterocycles. The minimum absolute atomic E-state index is 0.650. The second-order valence-corrected chi connectivity index (χ2v) is 3.50. The fraction of sp³-hybridized carbons (Fsp3) is 0.500. The van der Waals surface area contributed by atoms with Crippen molar-refractivity contribution in [2.75, 3.05) is 6.54 Å². The van der Waals surface area contributed by atoms with Crippen LogP contribution in [0.1, 0.15) is 5.82 Å². The van der Waals surface area contributed by atoms with Crippen LogP contribution in [0.25, 0.3) is 0 Å². The minimum atomic E-state index is 0.650. The van der Waals surface area contributed by atoms with Crippen LogP contribution in [0, 0.1) is 0 Å². The molecule has 5 nitrogen and oxygen atoms in total. The van der Waals surface area contributed by atoms with E-state index in [0.717, 1.165) is 29.8 Å². The molecule has 0 amide bonds. The molecule has 0 atom stereocenters. The summed E-state index contributed by atoms with van der Waals surface area (Å²) < 4.78 is 2.75. The Balaban J connectivity index is 2.15. The molecule has 13 heavy (non-hydrogen) atoms. The minimum Gasteiger partial charge on any atom is -0.332 e. The quantitative estimate of drug-likeness (QED) is 0.526. The molecule has 0 N–H and O–H groups in total. The first-order chi connectivity index (χ1) is 6.31. The number of carbonyl (C=O) groups excluding carboxylic acids is 1. The Bertz CT molecular complexity index is 328. The van der Waals surface area contributed by atoms with Gasteiger partial charge in [-0.25, -0.2) is 0 Å². The lowest BCUT2D eigenvalue weighted by Crippen LogP contribution is -2.37. The summed E-state index contributed by atoms with van der Waals surface area (Å²) in [5.74, 6) is 0.885. The molecule has 2 heterocycles. The molecule has 0 aliphatic carbocycles. The van der Waals surface area contributed by atoms with Crippen molar-refractivity contribution in [1.82, 2.24) is 19.6 Å². The molecule has 1 aromatic rings. The maximum Gasteiger partial charge on any atom is 0.293 e. The van der Waals surface area contributed by atoms with Gasteiger partial charge < -0.3 is 14.2 Å². The van der Waals surface area contributed by atoms with E-state index >= 15 is 0 Å². The number of rotatable bonds is 2. The fourth-order valence-corrected chi connectivity index (χ4v) is 1.82. The molecule has 0 spiro atoms. The van der Waals surface area contributed by atoms with Crippen LogP contribution >= 0.6 is 15.9 Å². The number of hydrogen-bond acceptors (Lipinski definition) is 4. The zero-order valence-corrected chi connectivity index (χ0v) is 8.44. The molecule has 1 aromatic heterocycles. The van der Waals surface area contributed by atoms with Gasteiger partial charge in [0.1, 0.15) is 5.82 Å². The number of halogens is 1. The van der Waals surface area contributed by atoms with Gasteiger partial charge in [-0.15, -0.1) is 10.2 Å². The highest BCUT2D eigenvalue weighted by atomic mass is 79.9. The topological polar surface area (TPSA) is 51.0 Å². The zero-order chi connectivity index (χ0) is 9.26. The zero-order valence-electron chi connectivity index (χ0n) is 6.85. The molecule has 1 radical (unpaired) electrons. The van der Waals surface area contributed by atoms with Crippen molar-refractivity contribution in [3.8, 4) is 0 Å². The Hall–Kier alpha value is -0.685. The largest absolute Gasteiger partial charge is 0.332 e. The Labute approximate surface area is 84.5 Å². The van der Waals surface area contributed by atoms with Crippen LogP contribution in [0.3, 0.4) is 0 Å². The third-order valence-electron chi connectivity index (χ3n) is 2.01. The van der Waals surface area contributed by atoms with Gasteiger partial charge in [-0.2, -0.15) is 0 Å². The summed E-state index contributed by atoms with van der Waals surface area (Å²) in [7, 11) is 1.53. The lowest BCUT2D eigenvalue weighted by Gasteiger charge is -2.24. The van der Waals surface area contributed by atoms with Crippen molar-refractivity contribution in [2.45, 2.75) is 13.1 Å². The van der Waals surface area contributed by atoms with Crippen molar-refractivity contribution in [1.29, 1.82) is 0 Å². The Morgan fingerprint density at radius 1 is 1.46 bits per heavy atom. The number of carbonyl (C=O) groups is 1. The van der Waals surface area contributed by atoms with Gasteiger partial charge in [-0.05, 0) is 15.9 Å². The lowest BCUT2D eigenvalue weighted by molar-refractivity contribution is 0.348. The van der Waals surface area contributed by atoms with Crippen LogP contribution in [-0.4, -0.2) is 39.7 Å². The Morgan fingerprint density at radius 2 is 2.31 bits per heavy atom. The van der Waals surface area contributed by atoms with Gasteiger partial charge in [0.2, 0.25) is 0 Å². The van der Waals surface area contributed by atoms with Gasteiger partial charge in [0, 0.05) is 19.6 Å². The number of hydrogen-bond donors (Lipinski definition) is 0. The lowest BCUT2D eigenvalue weighted by atomic mass is 9.94. The SMILES string of the molecule is O=C[B]N1CCn2c(Br)nnc2C1. The van der Waals surface area contributed by atoms with E-state index in [1.54, 1.807) is 0 Å². The maximum atomic E-state index is 10.2.